The number of hydrogen-bond acceptors (Lipinski definition) is 6. The van der Waals surface area contributed by atoms with Gasteiger partial charge in [0.25, 0.3) is 0 Å². The fourth-order valence-corrected chi connectivity index (χ4v) is 4.52. The van der Waals surface area contributed by atoms with Crippen LogP contribution in [0.1, 0.15) is 5.69 Å². The largest absolute Gasteiger partial charge is 0.444 e. The van der Waals surface area contributed by atoms with Crippen molar-refractivity contribution in [2.75, 3.05) is 0 Å². The molecule has 5 nitrogen and oxygen atoms in total. The third-order valence-electron chi connectivity index (χ3n) is 3.83. The fourth-order valence-electron chi connectivity index (χ4n) is 2.67. The van der Waals surface area contributed by atoms with Crippen molar-refractivity contribution in [1.29, 1.82) is 0 Å². The molecule has 5 aromatic rings. The van der Waals surface area contributed by atoms with Crippen LogP contribution in [0.3, 0.4) is 0 Å². The maximum Gasteiger partial charge on any atom is 0.226 e. The second-order valence-electron chi connectivity index (χ2n) is 5.47. The highest BCUT2D eigenvalue weighted by molar-refractivity contribution is 7.98. The average molecular weight is 364 g/mol. The van der Waals surface area contributed by atoms with Gasteiger partial charge in [0.2, 0.25) is 10.9 Å². The predicted octanol–water partition coefficient (Wildman–Crippen LogP) is 4.89. The van der Waals surface area contributed by atoms with Gasteiger partial charge in [-0.1, -0.05) is 53.4 Å². The van der Waals surface area contributed by atoms with E-state index in [0.29, 0.717) is 11.6 Å². The summed E-state index contributed by atoms with van der Waals surface area (Å²) >= 11 is 3.26. The van der Waals surface area contributed by atoms with Gasteiger partial charge in [-0.25, -0.2) is 4.98 Å². The zero-order valence-corrected chi connectivity index (χ0v) is 14.6. The van der Waals surface area contributed by atoms with Gasteiger partial charge in [-0.2, -0.15) is 0 Å². The summed E-state index contributed by atoms with van der Waals surface area (Å²) in [6.07, 6.45) is 1.71. The van der Waals surface area contributed by atoms with E-state index in [1.54, 1.807) is 29.4 Å². The van der Waals surface area contributed by atoms with Crippen LogP contribution in [0.15, 0.2) is 70.4 Å². The number of nitrogens with zero attached hydrogens (tertiary/aromatic N) is 4. The van der Waals surface area contributed by atoms with Crippen LogP contribution in [0.2, 0.25) is 0 Å². The molecular formula is C18H12N4OS2. The van der Waals surface area contributed by atoms with E-state index in [1.807, 2.05) is 42.5 Å². The lowest BCUT2D eigenvalue weighted by atomic mass is 10.2. The third kappa shape index (κ3) is 2.61. The summed E-state index contributed by atoms with van der Waals surface area (Å²) in [6, 6.07) is 18.2. The summed E-state index contributed by atoms with van der Waals surface area (Å²) < 4.78 is 8.91. The molecule has 5 rings (SSSR count). The van der Waals surface area contributed by atoms with Crippen molar-refractivity contribution in [1.82, 2.24) is 19.6 Å². The Balaban J connectivity index is 1.42. The number of thioether (sulfide) groups is 1. The van der Waals surface area contributed by atoms with Gasteiger partial charge in [-0.3, -0.25) is 4.40 Å². The SMILES string of the molecule is c1ccc(-c2nc(CSc3nnc4sc5ccccc5n34)co2)cc1. The lowest BCUT2D eigenvalue weighted by Gasteiger charge is -1.97. The predicted molar refractivity (Wildman–Crippen MR) is 99.9 cm³/mol. The number of fused-ring (bicyclic) bond motifs is 3. The fraction of sp³-hybridized carbons (Fsp3) is 0.0556. The zero-order chi connectivity index (χ0) is 16.6. The topological polar surface area (TPSA) is 56.2 Å². The molecule has 7 heteroatoms. The standard InChI is InChI=1S/C18H12N4OS2/c1-2-6-12(7-3-1)16-19-13(10-23-16)11-24-17-20-21-18-22(17)14-8-4-5-9-15(14)25-18/h1-10H,11H2. The first-order valence-electron chi connectivity index (χ1n) is 7.74. The normalized spacial score (nSPS) is 11.5. The number of oxazole rings is 1. The molecule has 3 aromatic heterocycles. The van der Waals surface area contributed by atoms with Crippen LogP contribution in [-0.2, 0) is 5.75 Å². The van der Waals surface area contributed by atoms with Gasteiger partial charge in [0.05, 0.1) is 15.9 Å². The highest BCUT2D eigenvalue weighted by Crippen LogP contribution is 2.31. The van der Waals surface area contributed by atoms with E-state index in [9.17, 15) is 0 Å². The van der Waals surface area contributed by atoms with Crippen LogP contribution in [0.4, 0.5) is 0 Å². The van der Waals surface area contributed by atoms with Crippen LogP contribution in [-0.4, -0.2) is 19.6 Å². The van der Waals surface area contributed by atoms with E-state index >= 15 is 0 Å². The first-order chi connectivity index (χ1) is 12.4. The van der Waals surface area contributed by atoms with Gasteiger partial charge in [-0.05, 0) is 24.3 Å². The van der Waals surface area contributed by atoms with E-state index in [1.165, 1.54) is 4.70 Å². The highest BCUT2D eigenvalue weighted by atomic mass is 32.2. The Hall–Kier alpha value is -2.64. The number of thiazole rings is 1. The molecule has 0 bridgehead atoms. The minimum Gasteiger partial charge on any atom is -0.444 e. The zero-order valence-electron chi connectivity index (χ0n) is 13.0. The van der Waals surface area contributed by atoms with Crippen molar-refractivity contribution in [2.45, 2.75) is 10.9 Å². The van der Waals surface area contributed by atoms with Crippen molar-refractivity contribution in [2.24, 2.45) is 0 Å². The first-order valence-corrected chi connectivity index (χ1v) is 9.54. The van der Waals surface area contributed by atoms with Crippen LogP contribution < -0.4 is 0 Å². The number of rotatable bonds is 4. The summed E-state index contributed by atoms with van der Waals surface area (Å²) in [6.45, 7) is 0. The van der Waals surface area contributed by atoms with Gasteiger partial charge in [0, 0.05) is 11.3 Å². The Bertz CT molecular complexity index is 1160. The first kappa shape index (κ1) is 14.7. The number of aromatic nitrogens is 4. The molecule has 0 aliphatic rings. The lowest BCUT2D eigenvalue weighted by molar-refractivity contribution is 0.573. The Morgan fingerprint density at radius 2 is 1.84 bits per heavy atom. The third-order valence-corrected chi connectivity index (χ3v) is 5.81. The molecule has 0 amide bonds. The summed E-state index contributed by atoms with van der Waals surface area (Å²) in [7, 11) is 0. The number of hydrogen-bond donors (Lipinski definition) is 0. The van der Waals surface area contributed by atoms with Gasteiger partial charge in [-0.15, -0.1) is 10.2 Å². The van der Waals surface area contributed by atoms with Gasteiger partial charge >= 0.3 is 0 Å². The molecule has 0 aliphatic carbocycles. The van der Waals surface area contributed by atoms with Crippen molar-refractivity contribution in [3.63, 3.8) is 0 Å². The second-order valence-corrected chi connectivity index (χ2v) is 7.42. The molecule has 0 saturated heterocycles. The summed E-state index contributed by atoms with van der Waals surface area (Å²) in [5.74, 6) is 1.32. The Morgan fingerprint density at radius 1 is 1.00 bits per heavy atom. The summed E-state index contributed by atoms with van der Waals surface area (Å²) in [4.78, 5) is 5.48. The van der Waals surface area contributed by atoms with E-state index < -0.39 is 0 Å². The van der Waals surface area contributed by atoms with E-state index in [2.05, 4.69) is 31.7 Å². The van der Waals surface area contributed by atoms with Crippen molar-refractivity contribution >= 4 is 38.3 Å². The molecule has 3 heterocycles. The molecule has 0 N–H and O–H groups in total. The molecule has 0 atom stereocenters. The monoisotopic (exact) mass is 364 g/mol. The molecule has 0 unspecified atom stereocenters. The Labute approximate surface area is 151 Å². The molecular weight excluding hydrogens is 352 g/mol. The van der Waals surface area contributed by atoms with E-state index in [0.717, 1.165) is 26.9 Å². The minimum absolute atomic E-state index is 0.642. The van der Waals surface area contributed by atoms with Gasteiger partial charge < -0.3 is 4.42 Å². The molecule has 0 fully saturated rings. The molecule has 122 valence electrons. The van der Waals surface area contributed by atoms with Crippen LogP contribution in [0.25, 0.3) is 26.6 Å². The lowest BCUT2D eigenvalue weighted by Crippen LogP contribution is -1.87. The smallest absolute Gasteiger partial charge is 0.226 e. The maximum absolute atomic E-state index is 5.60. The van der Waals surface area contributed by atoms with E-state index in [-0.39, 0.29) is 0 Å². The van der Waals surface area contributed by atoms with Crippen LogP contribution in [0, 0.1) is 0 Å². The summed E-state index contributed by atoms with van der Waals surface area (Å²) in [5.41, 5.74) is 3.01. The van der Waals surface area contributed by atoms with E-state index in [4.69, 9.17) is 4.42 Å². The minimum atomic E-state index is 0.642. The number of para-hydroxylation sites is 1. The quantitative estimate of drug-likeness (QED) is 0.425. The molecule has 0 aliphatic heterocycles. The van der Waals surface area contributed by atoms with Gasteiger partial charge in [0.1, 0.15) is 6.26 Å². The Morgan fingerprint density at radius 3 is 2.76 bits per heavy atom. The molecule has 0 spiro atoms. The second kappa shape index (κ2) is 6.02. The molecule has 25 heavy (non-hydrogen) atoms. The number of benzene rings is 2. The van der Waals surface area contributed by atoms with Crippen molar-refractivity contribution < 1.29 is 4.42 Å². The summed E-state index contributed by atoms with van der Waals surface area (Å²) in [5, 5.41) is 9.47. The molecule has 0 radical (unpaired) electrons. The Kier molecular flexibility index (Phi) is 3.53. The maximum atomic E-state index is 5.60. The molecule has 0 saturated carbocycles. The van der Waals surface area contributed by atoms with Gasteiger partial charge in [0.15, 0.2) is 5.16 Å². The average Bonchev–Trinajstić information content (AvgIpc) is 3.36. The highest BCUT2D eigenvalue weighted by Gasteiger charge is 2.14. The van der Waals surface area contributed by atoms with Crippen molar-refractivity contribution in [3.05, 3.63) is 66.6 Å². The molecule has 2 aromatic carbocycles. The van der Waals surface area contributed by atoms with Crippen molar-refractivity contribution in [3.8, 4) is 11.5 Å². The van der Waals surface area contributed by atoms with Crippen LogP contribution in [0.5, 0.6) is 0 Å². The van der Waals surface area contributed by atoms with Crippen LogP contribution >= 0.6 is 23.1 Å².